The van der Waals surface area contributed by atoms with E-state index in [0.717, 1.165) is 30.5 Å². The van der Waals surface area contributed by atoms with E-state index in [0.29, 0.717) is 30.5 Å². The molecular weight excluding hydrogens is 272 g/mol. The predicted octanol–water partition coefficient (Wildman–Crippen LogP) is 1.61. The minimum absolute atomic E-state index is 0.222. The Morgan fingerprint density at radius 3 is 3.00 bits per heavy atom. The van der Waals surface area contributed by atoms with E-state index in [1.54, 1.807) is 13.0 Å². The van der Waals surface area contributed by atoms with E-state index < -0.39 is 5.97 Å². The largest absolute Gasteiger partial charge is 0.478 e. The van der Waals surface area contributed by atoms with Gasteiger partial charge < -0.3 is 14.9 Å². The molecular formula is C14H16N4O3. The Morgan fingerprint density at radius 1 is 1.43 bits per heavy atom. The first-order chi connectivity index (χ1) is 10.1. The molecule has 2 aromatic rings. The van der Waals surface area contributed by atoms with E-state index in [1.807, 2.05) is 0 Å². The maximum atomic E-state index is 11.3. The molecule has 0 atom stereocenters. The Hall–Kier alpha value is -2.44. The summed E-state index contributed by atoms with van der Waals surface area (Å²) in [5.74, 6) is 0.573. The number of nitrogens with one attached hydrogen (secondary N) is 1. The molecule has 2 aromatic heterocycles. The fraction of sp³-hybridized carbons (Fsp3) is 0.429. The number of aromatic carboxylic acids is 1. The molecule has 0 aliphatic heterocycles. The van der Waals surface area contributed by atoms with Gasteiger partial charge in [0.25, 0.3) is 0 Å². The molecule has 0 unspecified atom stereocenters. The quantitative estimate of drug-likeness (QED) is 0.861. The van der Waals surface area contributed by atoms with Crippen LogP contribution in [-0.2, 0) is 19.3 Å². The molecule has 0 bridgehead atoms. The van der Waals surface area contributed by atoms with Gasteiger partial charge in [0.1, 0.15) is 11.4 Å². The first-order valence-electron chi connectivity index (χ1n) is 6.92. The zero-order chi connectivity index (χ0) is 14.8. The van der Waals surface area contributed by atoms with Gasteiger partial charge in [0.2, 0.25) is 5.89 Å². The van der Waals surface area contributed by atoms with Crippen LogP contribution in [0, 0.1) is 6.92 Å². The highest BCUT2D eigenvalue weighted by Gasteiger charge is 2.19. The first kappa shape index (κ1) is 13.5. The van der Waals surface area contributed by atoms with Gasteiger partial charge in [0.15, 0.2) is 5.82 Å². The second-order valence-corrected chi connectivity index (χ2v) is 5.06. The summed E-state index contributed by atoms with van der Waals surface area (Å²) in [5.41, 5.74) is 2.27. The molecule has 0 saturated heterocycles. The van der Waals surface area contributed by atoms with Gasteiger partial charge in [0, 0.05) is 25.6 Å². The molecule has 0 aromatic carbocycles. The zero-order valence-electron chi connectivity index (χ0n) is 11.7. The van der Waals surface area contributed by atoms with Crippen molar-refractivity contribution in [1.82, 2.24) is 15.1 Å². The summed E-state index contributed by atoms with van der Waals surface area (Å²) < 4.78 is 4.89. The van der Waals surface area contributed by atoms with Gasteiger partial charge in [0.05, 0.1) is 0 Å². The molecule has 0 spiro atoms. The average Bonchev–Trinajstić information content (AvgIpc) is 3.06. The highest BCUT2D eigenvalue weighted by Crippen LogP contribution is 2.25. The lowest BCUT2D eigenvalue weighted by Crippen LogP contribution is -2.13. The normalized spacial score (nSPS) is 13.2. The molecule has 1 aliphatic rings. The highest BCUT2D eigenvalue weighted by molar-refractivity contribution is 5.93. The monoisotopic (exact) mass is 288 g/mol. The number of pyridine rings is 1. The number of hydrogen-bond acceptors (Lipinski definition) is 6. The Kier molecular flexibility index (Phi) is 3.55. The molecule has 0 fully saturated rings. The van der Waals surface area contributed by atoms with E-state index >= 15 is 0 Å². The molecule has 2 N–H and O–H groups in total. The van der Waals surface area contributed by atoms with Crippen LogP contribution in [0.5, 0.6) is 0 Å². The summed E-state index contributed by atoms with van der Waals surface area (Å²) >= 11 is 0. The first-order valence-corrected chi connectivity index (χ1v) is 6.92. The van der Waals surface area contributed by atoms with Gasteiger partial charge in [-0.15, -0.1) is 0 Å². The summed E-state index contributed by atoms with van der Waals surface area (Å²) in [5, 5.41) is 16.2. The third-order valence-electron chi connectivity index (χ3n) is 3.49. The smallest absolute Gasteiger partial charge is 0.339 e. The van der Waals surface area contributed by atoms with E-state index in [9.17, 15) is 9.90 Å². The third-order valence-corrected chi connectivity index (χ3v) is 3.49. The molecule has 7 nitrogen and oxygen atoms in total. The SMILES string of the molecule is Cc1nc(CCNc2nc3c(cc2C(=O)O)CCC3)no1. The Bertz CT molecular complexity index is 681. The minimum atomic E-state index is -0.963. The van der Waals surface area contributed by atoms with Gasteiger partial charge >= 0.3 is 5.97 Å². The van der Waals surface area contributed by atoms with Crippen molar-refractivity contribution in [2.75, 3.05) is 11.9 Å². The highest BCUT2D eigenvalue weighted by atomic mass is 16.5. The van der Waals surface area contributed by atoms with Crippen LogP contribution in [-0.4, -0.2) is 32.7 Å². The summed E-state index contributed by atoms with van der Waals surface area (Å²) in [7, 11) is 0. The van der Waals surface area contributed by atoms with E-state index in [4.69, 9.17) is 4.52 Å². The number of carboxylic acids is 1. The second-order valence-electron chi connectivity index (χ2n) is 5.06. The standard InChI is InChI=1S/C14H16N4O3/c1-8-16-12(18-21-8)5-6-15-13-10(14(19)20)7-9-3-2-4-11(9)17-13/h7H,2-6H2,1H3,(H,15,17)(H,19,20). The summed E-state index contributed by atoms with van der Waals surface area (Å²) in [6.45, 7) is 2.24. The number of hydrogen-bond donors (Lipinski definition) is 2. The van der Waals surface area contributed by atoms with Crippen LogP contribution < -0.4 is 5.32 Å². The number of carboxylic acid groups (broad SMARTS) is 1. The molecule has 21 heavy (non-hydrogen) atoms. The second kappa shape index (κ2) is 5.51. The summed E-state index contributed by atoms with van der Waals surface area (Å²) in [4.78, 5) is 19.9. The van der Waals surface area contributed by atoms with E-state index in [-0.39, 0.29) is 5.56 Å². The van der Waals surface area contributed by atoms with Crippen molar-refractivity contribution in [3.63, 3.8) is 0 Å². The Labute approximate surface area is 121 Å². The summed E-state index contributed by atoms with van der Waals surface area (Å²) in [6.07, 6.45) is 3.40. The van der Waals surface area contributed by atoms with Gasteiger partial charge in [-0.05, 0) is 30.9 Å². The maximum Gasteiger partial charge on any atom is 0.339 e. The average molecular weight is 288 g/mol. The summed E-state index contributed by atoms with van der Waals surface area (Å²) in [6, 6.07) is 1.73. The van der Waals surface area contributed by atoms with Crippen LogP contribution in [0.25, 0.3) is 0 Å². The number of aromatic nitrogens is 3. The number of aryl methyl sites for hydroxylation is 3. The molecule has 110 valence electrons. The van der Waals surface area contributed by atoms with Crippen molar-refractivity contribution in [3.8, 4) is 0 Å². The topological polar surface area (TPSA) is 101 Å². The lowest BCUT2D eigenvalue weighted by molar-refractivity contribution is 0.0697. The molecule has 7 heteroatoms. The number of fused-ring (bicyclic) bond motifs is 1. The van der Waals surface area contributed by atoms with Crippen molar-refractivity contribution >= 4 is 11.8 Å². The predicted molar refractivity (Wildman–Crippen MR) is 74.5 cm³/mol. The van der Waals surface area contributed by atoms with Crippen molar-refractivity contribution < 1.29 is 14.4 Å². The molecule has 0 radical (unpaired) electrons. The van der Waals surface area contributed by atoms with Crippen LogP contribution in [0.15, 0.2) is 10.6 Å². The lowest BCUT2D eigenvalue weighted by Gasteiger charge is -2.10. The minimum Gasteiger partial charge on any atom is -0.478 e. The number of rotatable bonds is 5. The van der Waals surface area contributed by atoms with Crippen molar-refractivity contribution in [1.29, 1.82) is 0 Å². The van der Waals surface area contributed by atoms with Crippen molar-refractivity contribution in [2.45, 2.75) is 32.6 Å². The lowest BCUT2D eigenvalue weighted by atomic mass is 10.1. The van der Waals surface area contributed by atoms with Crippen molar-refractivity contribution in [3.05, 3.63) is 34.6 Å². The number of nitrogens with zero attached hydrogens (tertiary/aromatic N) is 3. The molecule has 1 aliphatic carbocycles. The van der Waals surface area contributed by atoms with Crippen LogP contribution in [0.3, 0.4) is 0 Å². The molecule has 0 amide bonds. The van der Waals surface area contributed by atoms with Crippen molar-refractivity contribution in [2.24, 2.45) is 0 Å². The number of carbonyl (C=O) groups is 1. The fourth-order valence-corrected chi connectivity index (χ4v) is 2.51. The van der Waals surface area contributed by atoms with E-state index in [1.165, 1.54) is 0 Å². The van der Waals surface area contributed by atoms with Gasteiger partial charge in [-0.1, -0.05) is 5.16 Å². The Morgan fingerprint density at radius 2 is 2.29 bits per heavy atom. The number of anilines is 1. The maximum absolute atomic E-state index is 11.3. The third kappa shape index (κ3) is 2.86. The van der Waals surface area contributed by atoms with Gasteiger partial charge in [-0.3, -0.25) is 0 Å². The van der Waals surface area contributed by atoms with Crippen LogP contribution in [0.2, 0.25) is 0 Å². The molecule has 0 saturated carbocycles. The Balaban J connectivity index is 1.73. The van der Waals surface area contributed by atoms with Crippen LogP contribution in [0.4, 0.5) is 5.82 Å². The molecule has 2 heterocycles. The van der Waals surface area contributed by atoms with Crippen LogP contribution >= 0.6 is 0 Å². The fourth-order valence-electron chi connectivity index (χ4n) is 2.51. The van der Waals surface area contributed by atoms with Gasteiger partial charge in [-0.25, -0.2) is 9.78 Å². The van der Waals surface area contributed by atoms with Gasteiger partial charge in [-0.2, -0.15) is 4.98 Å². The van der Waals surface area contributed by atoms with E-state index in [2.05, 4.69) is 20.4 Å². The molecule has 3 rings (SSSR count). The zero-order valence-corrected chi connectivity index (χ0v) is 11.7. The van der Waals surface area contributed by atoms with Crippen LogP contribution in [0.1, 0.15) is 39.8 Å².